The van der Waals surface area contributed by atoms with Crippen molar-refractivity contribution in [1.82, 2.24) is 10.2 Å². The maximum atomic E-state index is 13.0. The first kappa shape index (κ1) is 16.6. The van der Waals surface area contributed by atoms with Gasteiger partial charge in [-0.1, -0.05) is 32.0 Å². The first-order valence-electron chi connectivity index (χ1n) is 9.70. The summed E-state index contributed by atoms with van der Waals surface area (Å²) in [5.74, 6) is 0.317. The number of likely N-dealkylation sites (tertiary alicyclic amines) is 1. The van der Waals surface area contributed by atoms with Crippen LogP contribution < -0.4 is 11.1 Å². The van der Waals surface area contributed by atoms with Crippen LogP contribution in [0.4, 0.5) is 5.69 Å². The van der Waals surface area contributed by atoms with Gasteiger partial charge in [0.15, 0.2) is 0 Å². The molecule has 1 aromatic rings. The highest BCUT2D eigenvalue weighted by Crippen LogP contribution is 2.55. The molecule has 1 aliphatic carbocycles. The van der Waals surface area contributed by atoms with Crippen LogP contribution >= 0.6 is 0 Å². The second-order valence-corrected chi connectivity index (χ2v) is 7.86. The van der Waals surface area contributed by atoms with Crippen molar-refractivity contribution >= 4 is 17.2 Å². The molecule has 4 heteroatoms. The number of amides is 1. The Labute approximate surface area is 150 Å². The van der Waals surface area contributed by atoms with Gasteiger partial charge in [0.1, 0.15) is 5.66 Å². The minimum atomic E-state index is -0.357. The van der Waals surface area contributed by atoms with E-state index in [0.717, 1.165) is 49.9 Å². The van der Waals surface area contributed by atoms with E-state index in [-0.39, 0.29) is 11.1 Å². The van der Waals surface area contributed by atoms with Gasteiger partial charge in [-0.25, -0.2) is 0 Å². The van der Waals surface area contributed by atoms with E-state index in [1.165, 1.54) is 5.57 Å². The van der Waals surface area contributed by atoms with Crippen molar-refractivity contribution < 1.29 is 4.79 Å². The Morgan fingerprint density at radius 1 is 1.24 bits per heavy atom. The van der Waals surface area contributed by atoms with Crippen LogP contribution in [0, 0.1) is 5.41 Å². The summed E-state index contributed by atoms with van der Waals surface area (Å²) in [5, 5.41) is 3.80. The highest BCUT2D eigenvalue weighted by atomic mass is 16.2. The Morgan fingerprint density at radius 3 is 2.60 bits per heavy atom. The van der Waals surface area contributed by atoms with Gasteiger partial charge in [0, 0.05) is 35.7 Å². The minimum Gasteiger partial charge on any atom is -0.398 e. The molecule has 2 aliphatic heterocycles. The van der Waals surface area contributed by atoms with Crippen molar-refractivity contribution in [2.45, 2.75) is 64.1 Å². The van der Waals surface area contributed by atoms with Crippen molar-refractivity contribution in [2.24, 2.45) is 5.41 Å². The van der Waals surface area contributed by atoms with Gasteiger partial charge in [-0.15, -0.1) is 0 Å². The molecule has 2 fully saturated rings. The van der Waals surface area contributed by atoms with E-state index in [1.807, 2.05) is 18.2 Å². The third-order valence-corrected chi connectivity index (χ3v) is 6.69. The van der Waals surface area contributed by atoms with Crippen molar-refractivity contribution in [3.8, 4) is 0 Å². The Morgan fingerprint density at radius 2 is 1.96 bits per heavy atom. The monoisotopic (exact) mass is 339 g/mol. The summed E-state index contributed by atoms with van der Waals surface area (Å²) in [5.41, 5.74) is 9.10. The molecule has 3 aliphatic rings. The predicted octanol–water partition coefficient (Wildman–Crippen LogP) is 3.54. The zero-order valence-electron chi connectivity index (χ0n) is 15.3. The number of anilines is 1. The molecule has 134 valence electrons. The predicted molar refractivity (Wildman–Crippen MR) is 102 cm³/mol. The lowest BCUT2D eigenvalue weighted by Crippen LogP contribution is -2.64. The Balaban J connectivity index is 1.87. The second-order valence-electron chi connectivity index (χ2n) is 7.86. The molecule has 1 amide bonds. The van der Waals surface area contributed by atoms with Gasteiger partial charge in [0.2, 0.25) is 5.91 Å². The highest BCUT2D eigenvalue weighted by molar-refractivity contribution is 5.85. The average molecular weight is 339 g/mol. The van der Waals surface area contributed by atoms with E-state index < -0.39 is 0 Å². The molecule has 25 heavy (non-hydrogen) atoms. The number of para-hydroxylation sites is 1. The number of carbonyl (C=O) groups excluding carboxylic acids is 1. The van der Waals surface area contributed by atoms with Crippen LogP contribution in [-0.2, 0) is 4.79 Å². The van der Waals surface area contributed by atoms with Gasteiger partial charge in [-0.05, 0) is 49.8 Å². The van der Waals surface area contributed by atoms with Crippen LogP contribution in [0.1, 0.15) is 57.9 Å². The van der Waals surface area contributed by atoms with Crippen molar-refractivity contribution in [1.29, 1.82) is 0 Å². The fraction of sp³-hybridized carbons (Fsp3) is 0.571. The van der Waals surface area contributed by atoms with Crippen LogP contribution in [0.3, 0.4) is 0 Å². The lowest BCUT2D eigenvalue weighted by Gasteiger charge is -2.50. The summed E-state index contributed by atoms with van der Waals surface area (Å²) in [4.78, 5) is 15.2. The van der Waals surface area contributed by atoms with Crippen molar-refractivity contribution in [3.63, 3.8) is 0 Å². The SMILES string of the molecule is CCC1(CC)CC(=O)N(C2CC2)[C@]12C=C(c1ccccc1N)CCN2. The summed E-state index contributed by atoms with van der Waals surface area (Å²) < 4.78 is 0. The lowest BCUT2D eigenvalue weighted by atomic mass is 9.68. The molecular weight excluding hydrogens is 310 g/mol. The summed E-state index contributed by atoms with van der Waals surface area (Å²) in [7, 11) is 0. The zero-order chi connectivity index (χ0) is 17.7. The summed E-state index contributed by atoms with van der Waals surface area (Å²) in [6.45, 7) is 5.35. The van der Waals surface area contributed by atoms with Crippen LogP contribution in [0.15, 0.2) is 30.3 Å². The Hall–Kier alpha value is -1.81. The summed E-state index contributed by atoms with van der Waals surface area (Å²) in [6, 6.07) is 8.51. The van der Waals surface area contributed by atoms with Crippen molar-refractivity contribution in [3.05, 3.63) is 35.9 Å². The van der Waals surface area contributed by atoms with E-state index in [2.05, 4.69) is 36.2 Å². The van der Waals surface area contributed by atoms with Gasteiger partial charge >= 0.3 is 0 Å². The van der Waals surface area contributed by atoms with Gasteiger partial charge in [-0.2, -0.15) is 0 Å². The number of nitrogen functional groups attached to an aromatic ring is 1. The standard InChI is InChI=1S/C21H29N3O/c1-3-20(4-2)14-19(25)24(16-9-10-16)21(20)13-15(11-12-23-21)17-7-5-6-8-18(17)22/h5-8,13,16,23H,3-4,9-12,14,22H2,1-2H3/t21-/m1/s1. The number of carbonyl (C=O) groups is 1. The molecule has 1 spiro atoms. The number of nitrogens with one attached hydrogen (secondary N) is 1. The van der Waals surface area contributed by atoms with Crippen LogP contribution in [0.2, 0.25) is 0 Å². The maximum absolute atomic E-state index is 13.0. The molecule has 0 bridgehead atoms. The number of hydrogen-bond donors (Lipinski definition) is 2. The Kier molecular flexibility index (Phi) is 3.91. The molecule has 1 atom stereocenters. The number of nitrogens with two attached hydrogens (primary N) is 1. The highest BCUT2D eigenvalue weighted by Gasteiger charge is 2.63. The van der Waals surface area contributed by atoms with Gasteiger partial charge in [-0.3, -0.25) is 10.1 Å². The molecule has 2 heterocycles. The third kappa shape index (κ3) is 2.34. The third-order valence-electron chi connectivity index (χ3n) is 6.69. The van der Waals surface area contributed by atoms with E-state index in [4.69, 9.17) is 5.73 Å². The quantitative estimate of drug-likeness (QED) is 0.825. The zero-order valence-corrected chi connectivity index (χ0v) is 15.3. The number of nitrogens with zero attached hydrogens (tertiary/aromatic N) is 1. The molecule has 4 nitrogen and oxygen atoms in total. The lowest BCUT2D eigenvalue weighted by molar-refractivity contribution is -0.131. The molecule has 1 saturated carbocycles. The second kappa shape index (κ2) is 5.87. The average Bonchev–Trinajstić information content (AvgIpc) is 3.42. The summed E-state index contributed by atoms with van der Waals surface area (Å²) in [6.07, 6.45) is 8.23. The molecule has 4 rings (SSSR count). The summed E-state index contributed by atoms with van der Waals surface area (Å²) >= 11 is 0. The molecule has 1 aromatic carbocycles. The number of benzene rings is 1. The molecule has 0 unspecified atom stereocenters. The van der Waals surface area contributed by atoms with Crippen LogP contribution in [0.5, 0.6) is 0 Å². The fourth-order valence-corrected chi connectivity index (χ4v) is 5.09. The normalized spacial score (nSPS) is 28.5. The molecule has 1 saturated heterocycles. The van der Waals surface area contributed by atoms with E-state index in [0.29, 0.717) is 18.4 Å². The van der Waals surface area contributed by atoms with E-state index >= 15 is 0 Å². The Bertz CT molecular complexity index is 718. The smallest absolute Gasteiger partial charge is 0.225 e. The first-order chi connectivity index (χ1) is 12.1. The molecular formula is C21H29N3O. The minimum absolute atomic E-state index is 0.0398. The molecule has 3 N–H and O–H groups in total. The van der Waals surface area contributed by atoms with Gasteiger partial charge in [0.05, 0.1) is 0 Å². The molecule has 0 aromatic heterocycles. The van der Waals surface area contributed by atoms with Crippen molar-refractivity contribution in [2.75, 3.05) is 12.3 Å². The number of hydrogen-bond acceptors (Lipinski definition) is 3. The first-order valence-corrected chi connectivity index (χ1v) is 9.70. The molecule has 0 radical (unpaired) electrons. The van der Waals surface area contributed by atoms with Crippen LogP contribution in [-0.4, -0.2) is 29.1 Å². The van der Waals surface area contributed by atoms with Gasteiger partial charge in [0.25, 0.3) is 0 Å². The van der Waals surface area contributed by atoms with Crippen LogP contribution in [0.25, 0.3) is 5.57 Å². The largest absolute Gasteiger partial charge is 0.398 e. The van der Waals surface area contributed by atoms with E-state index in [9.17, 15) is 4.79 Å². The fourth-order valence-electron chi connectivity index (χ4n) is 5.09. The maximum Gasteiger partial charge on any atom is 0.225 e. The topological polar surface area (TPSA) is 58.4 Å². The van der Waals surface area contributed by atoms with E-state index in [1.54, 1.807) is 0 Å². The van der Waals surface area contributed by atoms with Gasteiger partial charge < -0.3 is 10.6 Å². The number of rotatable bonds is 4.